The molecule has 0 aromatic carbocycles. The number of aliphatic hydroxyl groups is 13. The summed E-state index contributed by atoms with van der Waals surface area (Å²) in [5.41, 5.74) is -0.445. The third kappa shape index (κ3) is 13.6. The van der Waals surface area contributed by atoms with Crippen LogP contribution in [0.2, 0.25) is 0 Å². The zero-order valence-electron chi connectivity index (χ0n) is 53.2. The van der Waals surface area contributed by atoms with Crippen LogP contribution in [0.1, 0.15) is 121 Å². The summed E-state index contributed by atoms with van der Waals surface area (Å²) in [6.07, 6.45) is -29.4. The van der Waals surface area contributed by atoms with E-state index in [2.05, 4.69) is 52.2 Å². The van der Waals surface area contributed by atoms with Crippen LogP contribution in [0.5, 0.6) is 0 Å². The van der Waals surface area contributed by atoms with E-state index in [4.69, 9.17) is 47.4 Å². The molecule has 0 spiro atoms. The van der Waals surface area contributed by atoms with Gasteiger partial charge in [0.15, 0.2) is 37.2 Å². The summed E-state index contributed by atoms with van der Waals surface area (Å²) >= 11 is 0. The lowest BCUT2D eigenvalue weighted by atomic mass is 9.36. The molecule has 33 atom stereocenters. The van der Waals surface area contributed by atoms with Gasteiger partial charge < -0.3 is 124 Å². The van der Waals surface area contributed by atoms with E-state index in [1.54, 1.807) is 6.08 Å². The number of allylic oxidation sites excluding steroid dienone is 2. The van der Waals surface area contributed by atoms with E-state index in [0.29, 0.717) is 25.7 Å². The van der Waals surface area contributed by atoms with Gasteiger partial charge in [-0.05, 0) is 116 Å². The van der Waals surface area contributed by atoms with Gasteiger partial charge in [0, 0.05) is 20.3 Å². The van der Waals surface area contributed by atoms with Crippen molar-refractivity contribution in [3.05, 3.63) is 11.6 Å². The fourth-order valence-electron chi connectivity index (χ4n) is 18.1. The van der Waals surface area contributed by atoms with Gasteiger partial charge in [0.25, 0.3) is 0 Å². The first-order valence-electron chi connectivity index (χ1n) is 32.1. The lowest BCUT2D eigenvalue weighted by Gasteiger charge is -2.69. The minimum atomic E-state index is -1.94. The Hall–Kier alpha value is -2.57. The fraction of sp³-hybridized carbons (Fsp3) is 0.919. The van der Waals surface area contributed by atoms with Gasteiger partial charge in [-0.25, -0.2) is 0 Å². The molecule has 0 radical (unpaired) electrons. The predicted octanol–water partition coefficient (Wildman–Crippen LogP) is -2.75. The van der Waals surface area contributed by atoms with Gasteiger partial charge in [-0.2, -0.15) is 0 Å². The second-order valence-corrected chi connectivity index (χ2v) is 28.9. The van der Waals surface area contributed by atoms with Crippen LogP contribution in [0.15, 0.2) is 11.6 Å². The molecule has 5 saturated heterocycles. The molecule has 5 aliphatic heterocycles. The van der Waals surface area contributed by atoms with Gasteiger partial charge in [0.1, 0.15) is 110 Å². The van der Waals surface area contributed by atoms with E-state index in [1.807, 2.05) is 13.8 Å². The highest BCUT2D eigenvalue weighted by Crippen LogP contribution is 2.74. The van der Waals surface area contributed by atoms with E-state index in [-0.39, 0.29) is 46.2 Å². The lowest BCUT2D eigenvalue weighted by molar-refractivity contribution is -0.376. The fourth-order valence-corrected chi connectivity index (χ4v) is 18.1. The van der Waals surface area contributed by atoms with Crippen molar-refractivity contribution in [2.24, 2.45) is 51.2 Å². The van der Waals surface area contributed by atoms with Crippen molar-refractivity contribution >= 4 is 17.6 Å². The van der Waals surface area contributed by atoms with Crippen molar-refractivity contribution in [1.82, 2.24) is 10.6 Å². The number of rotatable bonds is 19. The molecule has 9 fully saturated rings. The topological polar surface area (TPSA) is 431 Å². The molecule has 4 saturated carbocycles. The Morgan fingerprint density at radius 2 is 1.09 bits per heavy atom. The number of hydrogen-bond donors (Lipinski definition) is 15. The first kappa shape index (κ1) is 71.7. The summed E-state index contributed by atoms with van der Waals surface area (Å²) in [5.74, 6) is -0.614. The Kier molecular flexibility index (Phi) is 22.5. The third-order valence-electron chi connectivity index (χ3n) is 22.6. The summed E-state index contributed by atoms with van der Waals surface area (Å²) in [5, 5.41) is 149. The van der Waals surface area contributed by atoms with Gasteiger partial charge in [0.2, 0.25) is 11.8 Å². The number of ether oxygens (including phenoxy) is 10. The molecule has 28 heteroatoms. The number of carbonyl (C=O) groups excluding carboxylic acids is 3. The summed E-state index contributed by atoms with van der Waals surface area (Å²) in [6, 6.07) is -3.04. The molecule has 28 nitrogen and oxygen atoms in total. The first-order chi connectivity index (χ1) is 42.2. The van der Waals surface area contributed by atoms with Crippen molar-refractivity contribution in [3.63, 3.8) is 0 Å². The van der Waals surface area contributed by atoms with Crippen LogP contribution in [-0.4, -0.2) is 270 Å². The number of fused-ring (bicyclic) bond motifs is 5. The number of amides is 2. The maximum absolute atomic E-state index is 13.1. The molecule has 9 aliphatic rings. The summed E-state index contributed by atoms with van der Waals surface area (Å²) in [6.45, 7) is 16.3. The maximum atomic E-state index is 13.1. The molecule has 90 heavy (non-hydrogen) atoms. The van der Waals surface area contributed by atoms with Crippen LogP contribution >= 0.6 is 0 Å². The number of ketones is 1. The Balaban J connectivity index is 0.978. The van der Waals surface area contributed by atoms with Crippen molar-refractivity contribution in [2.75, 3.05) is 33.0 Å². The van der Waals surface area contributed by atoms with Gasteiger partial charge in [0.05, 0.1) is 45.2 Å². The molecule has 5 heterocycles. The van der Waals surface area contributed by atoms with Crippen LogP contribution in [0.25, 0.3) is 0 Å². The van der Waals surface area contributed by atoms with Gasteiger partial charge in [-0.1, -0.05) is 47.1 Å². The molecule has 1 unspecified atom stereocenters. The SMILES string of the molecule is CC(=O)N[C@H]1[C@H](O[C@@H]2CO[C@@H](O[C@H]3CC[C@]4(C)C5C[C@@H](O)[C@]6(C)[C@@H]([C@H](C)CC(=O)C=C(C)C)CC[C@H]6[C@]5(C)CC[C@H]4C3(C)C)[C@H](O[C@@H]3O[C@H](CO[C@@H]4OC[C@@H](O)[C@H](O)[C@H]4O[C@@H]4O[C@H](CO)[C@@H](O)[C@H](O)[C@H]4O)[C@@H](O)[C@H](O)[C@H]3NC(C)=O)[C@H]2O)O[C@H](CO)[C@H](O)[C@@H]1O. The smallest absolute Gasteiger partial charge is 0.217 e. The minimum Gasteiger partial charge on any atom is -0.394 e. The molecule has 15 N–H and O–H groups in total. The van der Waals surface area contributed by atoms with Crippen LogP contribution in [0, 0.1) is 51.2 Å². The molecule has 516 valence electrons. The second-order valence-electron chi connectivity index (χ2n) is 28.9. The molecule has 4 aliphatic carbocycles. The highest BCUT2D eigenvalue weighted by atomic mass is 16.8. The zero-order valence-corrected chi connectivity index (χ0v) is 53.2. The van der Waals surface area contributed by atoms with Crippen molar-refractivity contribution in [2.45, 2.75) is 274 Å². The average Bonchev–Trinajstić information content (AvgIpc) is 1.20. The Morgan fingerprint density at radius 1 is 0.556 bits per heavy atom. The van der Waals surface area contributed by atoms with E-state index < -0.39 is 209 Å². The van der Waals surface area contributed by atoms with Crippen molar-refractivity contribution in [1.29, 1.82) is 0 Å². The number of nitrogens with one attached hydrogen (secondary N) is 2. The van der Waals surface area contributed by atoms with E-state index >= 15 is 0 Å². The Labute approximate surface area is 524 Å². The largest absolute Gasteiger partial charge is 0.394 e. The van der Waals surface area contributed by atoms with E-state index in [0.717, 1.165) is 45.1 Å². The first-order valence-corrected chi connectivity index (χ1v) is 32.1. The third-order valence-corrected chi connectivity index (χ3v) is 22.6. The summed E-state index contributed by atoms with van der Waals surface area (Å²) in [7, 11) is 0. The molecule has 9 rings (SSSR count). The van der Waals surface area contributed by atoms with Gasteiger partial charge in [-0.3, -0.25) is 14.4 Å². The Morgan fingerprint density at radius 3 is 1.70 bits per heavy atom. The zero-order chi connectivity index (χ0) is 66.0. The summed E-state index contributed by atoms with van der Waals surface area (Å²) in [4.78, 5) is 38.5. The summed E-state index contributed by atoms with van der Waals surface area (Å²) < 4.78 is 61.7. The molecular weight excluding hydrogens is 1190 g/mol. The minimum absolute atomic E-state index is 0.0403. The van der Waals surface area contributed by atoms with Crippen molar-refractivity contribution in [3.8, 4) is 0 Å². The normalized spacial score (nSPS) is 49.7. The lowest BCUT2D eigenvalue weighted by Crippen LogP contribution is -2.69. The molecule has 0 aromatic heterocycles. The molecule has 0 aromatic rings. The van der Waals surface area contributed by atoms with Crippen molar-refractivity contribution < 1.29 is 128 Å². The number of aliphatic hydroxyl groups excluding tert-OH is 13. The molecule has 0 bridgehead atoms. The van der Waals surface area contributed by atoms with Gasteiger partial charge in [-0.15, -0.1) is 0 Å². The standard InChI is InChI=1S/C62H102N2O26/c1-25(2)17-29(69)18-26(3)30-11-12-37-61(9)15-13-36-59(6,7)40(14-16-60(36,8)38(61)19-39(71)62(30,37)10)88-58-53(47(76)35(24-83-58)87-54-41(63-27(4)67)48(77)44(73)32(20-65)84-54)89-55-42(64-28(5)68)49(78)46(75)34(86-55)23-82-57-52(43(72)31(70)22-81-57)90-56-51(80)50(79)45(74)33(21-66)85-56/h17,26,30-58,65-66,70-80H,11-16,18-24H2,1-10H3,(H,63,67)(H,64,68)/t26-,30-,31-,32-,33-,34-,35-,36+,37+,38?,39-,40+,41-,42-,43+,44+,45-,46-,47+,48-,49-,50+,51-,52-,53-,54+,55+,56+,57+,58+,60+,61+,62-/m1/s1. The highest BCUT2D eigenvalue weighted by molar-refractivity contribution is 5.90. The Bertz CT molecular complexity index is 2490. The predicted molar refractivity (Wildman–Crippen MR) is 309 cm³/mol. The van der Waals surface area contributed by atoms with E-state index in [9.17, 15) is 80.8 Å². The quantitative estimate of drug-likeness (QED) is 0.0460. The van der Waals surface area contributed by atoms with Crippen LogP contribution in [-0.2, 0) is 61.8 Å². The number of hydrogen-bond acceptors (Lipinski definition) is 26. The highest BCUT2D eigenvalue weighted by Gasteiger charge is 2.70. The van der Waals surface area contributed by atoms with Crippen LogP contribution < -0.4 is 10.6 Å². The molecular formula is C62H102N2O26. The van der Waals surface area contributed by atoms with Crippen LogP contribution in [0.3, 0.4) is 0 Å². The van der Waals surface area contributed by atoms with E-state index in [1.165, 1.54) is 0 Å². The van der Waals surface area contributed by atoms with Crippen LogP contribution in [0.4, 0.5) is 0 Å². The second kappa shape index (κ2) is 28.2. The maximum Gasteiger partial charge on any atom is 0.217 e. The monoisotopic (exact) mass is 1290 g/mol. The van der Waals surface area contributed by atoms with Gasteiger partial charge >= 0.3 is 0 Å². The average molecular weight is 1290 g/mol. The number of carbonyl (C=O) groups is 3. The molecule has 2 amide bonds.